The molecule has 1 N–H and O–H groups in total. The van der Waals surface area contributed by atoms with Crippen molar-refractivity contribution in [3.8, 4) is 0 Å². The molecule has 0 radical (unpaired) electrons. The van der Waals surface area contributed by atoms with Gasteiger partial charge in [0.25, 0.3) is 5.69 Å². The first kappa shape index (κ1) is 20.0. The standard InChI is InChI=1S/C15H13Cl2N3O5S/c1-26(24,25)19(11-4-2-3-10(16)7-11)9-15(21)18-14-8-12(20(22)23)5-6-13(14)17/h2-8H,9H2,1H3,(H,18,21). The van der Waals surface area contributed by atoms with E-state index in [0.29, 0.717) is 5.02 Å². The molecular weight excluding hydrogens is 405 g/mol. The molecule has 0 spiro atoms. The predicted molar refractivity (Wildman–Crippen MR) is 100 cm³/mol. The zero-order valence-corrected chi connectivity index (χ0v) is 15.7. The molecule has 0 aliphatic rings. The third-order valence-corrected chi connectivity index (χ3v) is 4.92. The highest BCUT2D eigenvalue weighted by Crippen LogP contribution is 2.27. The summed E-state index contributed by atoms with van der Waals surface area (Å²) in [5.74, 6) is -0.724. The van der Waals surface area contributed by atoms with Crippen LogP contribution in [-0.2, 0) is 14.8 Å². The summed E-state index contributed by atoms with van der Waals surface area (Å²) < 4.78 is 24.9. The second-order valence-corrected chi connectivity index (χ2v) is 7.97. The molecule has 26 heavy (non-hydrogen) atoms. The van der Waals surface area contributed by atoms with E-state index in [-0.39, 0.29) is 22.1 Å². The number of nitro groups is 1. The molecule has 2 aromatic rings. The second-order valence-electron chi connectivity index (χ2n) is 5.22. The molecule has 0 bridgehead atoms. The molecule has 8 nitrogen and oxygen atoms in total. The molecule has 0 unspecified atom stereocenters. The smallest absolute Gasteiger partial charge is 0.271 e. The van der Waals surface area contributed by atoms with E-state index in [0.717, 1.165) is 16.6 Å². The molecule has 2 aromatic carbocycles. The molecule has 0 fully saturated rings. The Hall–Kier alpha value is -2.36. The van der Waals surface area contributed by atoms with Gasteiger partial charge in [0.2, 0.25) is 15.9 Å². The number of rotatable bonds is 6. The van der Waals surface area contributed by atoms with Gasteiger partial charge in [-0.3, -0.25) is 19.2 Å². The van der Waals surface area contributed by atoms with Gasteiger partial charge in [-0.05, 0) is 24.3 Å². The first-order valence-corrected chi connectivity index (χ1v) is 9.65. The van der Waals surface area contributed by atoms with Crippen LogP contribution in [0.4, 0.5) is 17.1 Å². The lowest BCUT2D eigenvalue weighted by molar-refractivity contribution is -0.384. The highest BCUT2D eigenvalue weighted by molar-refractivity contribution is 7.92. The number of nitrogens with zero attached hydrogens (tertiary/aromatic N) is 2. The maximum absolute atomic E-state index is 12.3. The van der Waals surface area contributed by atoms with Crippen molar-refractivity contribution in [2.75, 3.05) is 22.4 Å². The summed E-state index contributed by atoms with van der Waals surface area (Å²) in [5.41, 5.74) is -0.0507. The summed E-state index contributed by atoms with van der Waals surface area (Å²) in [7, 11) is -3.78. The van der Waals surface area contributed by atoms with Gasteiger partial charge in [0.05, 0.1) is 27.6 Å². The zero-order chi connectivity index (χ0) is 19.5. The van der Waals surface area contributed by atoms with Gasteiger partial charge in [-0.25, -0.2) is 8.42 Å². The number of sulfonamides is 1. The molecule has 1 amide bonds. The number of nitro benzene ring substituents is 1. The van der Waals surface area contributed by atoms with E-state index in [1.807, 2.05) is 0 Å². The number of carbonyl (C=O) groups is 1. The van der Waals surface area contributed by atoms with Crippen LogP contribution in [0.1, 0.15) is 0 Å². The molecular formula is C15H13Cl2N3O5S. The minimum atomic E-state index is -3.78. The molecule has 11 heteroatoms. The van der Waals surface area contributed by atoms with Crippen molar-refractivity contribution in [3.63, 3.8) is 0 Å². The van der Waals surface area contributed by atoms with Gasteiger partial charge < -0.3 is 5.32 Å². The van der Waals surface area contributed by atoms with Crippen LogP contribution in [0, 0.1) is 10.1 Å². The van der Waals surface area contributed by atoms with Crippen LogP contribution in [0.15, 0.2) is 42.5 Å². The number of halogens is 2. The van der Waals surface area contributed by atoms with Gasteiger partial charge in [-0.15, -0.1) is 0 Å². The fourth-order valence-electron chi connectivity index (χ4n) is 2.07. The van der Waals surface area contributed by atoms with E-state index in [4.69, 9.17) is 23.2 Å². The Bertz CT molecular complexity index is 966. The van der Waals surface area contributed by atoms with E-state index in [2.05, 4.69) is 5.32 Å². The average molecular weight is 418 g/mol. The summed E-state index contributed by atoms with van der Waals surface area (Å²) in [6.07, 6.45) is 0.946. The van der Waals surface area contributed by atoms with Gasteiger partial charge in [0, 0.05) is 17.2 Å². The van der Waals surface area contributed by atoms with Gasteiger partial charge >= 0.3 is 0 Å². The third-order valence-electron chi connectivity index (χ3n) is 3.22. The number of amides is 1. The number of nitrogens with one attached hydrogen (secondary N) is 1. The van der Waals surface area contributed by atoms with Gasteiger partial charge in [-0.2, -0.15) is 0 Å². The van der Waals surface area contributed by atoms with Crippen molar-refractivity contribution < 1.29 is 18.1 Å². The Kier molecular flexibility index (Phi) is 6.06. The number of hydrogen-bond acceptors (Lipinski definition) is 5. The fourth-order valence-corrected chi connectivity index (χ4v) is 3.27. The molecule has 0 aliphatic carbocycles. The van der Waals surface area contributed by atoms with Crippen molar-refractivity contribution in [2.45, 2.75) is 0 Å². The summed E-state index contributed by atoms with van der Waals surface area (Å²) in [5, 5.41) is 13.6. The normalized spacial score (nSPS) is 11.0. The quantitative estimate of drug-likeness (QED) is 0.572. The Morgan fingerprint density at radius 1 is 1.23 bits per heavy atom. The minimum Gasteiger partial charge on any atom is -0.323 e. The Morgan fingerprint density at radius 3 is 2.50 bits per heavy atom. The Morgan fingerprint density at radius 2 is 1.92 bits per heavy atom. The van der Waals surface area contributed by atoms with Crippen molar-refractivity contribution in [1.29, 1.82) is 0 Å². The van der Waals surface area contributed by atoms with E-state index < -0.39 is 27.4 Å². The van der Waals surface area contributed by atoms with Crippen LogP contribution in [0.25, 0.3) is 0 Å². The number of carbonyl (C=O) groups excluding carboxylic acids is 1. The highest BCUT2D eigenvalue weighted by atomic mass is 35.5. The zero-order valence-electron chi connectivity index (χ0n) is 13.3. The first-order valence-electron chi connectivity index (χ1n) is 7.05. The maximum Gasteiger partial charge on any atom is 0.271 e. The van der Waals surface area contributed by atoms with Crippen molar-refractivity contribution in [1.82, 2.24) is 0 Å². The number of hydrogen-bond donors (Lipinski definition) is 1. The molecule has 0 saturated carbocycles. The fraction of sp³-hybridized carbons (Fsp3) is 0.133. The molecule has 0 aromatic heterocycles. The highest BCUT2D eigenvalue weighted by Gasteiger charge is 2.22. The molecule has 0 heterocycles. The Balaban J connectivity index is 2.26. The molecule has 0 atom stereocenters. The topological polar surface area (TPSA) is 110 Å². The molecule has 138 valence electrons. The van der Waals surface area contributed by atoms with Crippen LogP contribution in [0.5, 0.6) is 0 Å². The van der Waals surface area contributed by atoms with E-state index in [1.165, 1.54) is 24.3 Å². The van der Waals surface area contributed by atoms with Gasteiger partial charge in [0.1, 0.15) is 6.54 Å². The lowest BCUT2D eigenvalue weighted by atomic mass is 10.2. The summed E-state index contributed by atoms with van der Waals surface area (Å²) in [6.45, 7) is -0.557. The average Bonchev–Trinajstić information content (AvgIpc) is 2.53. The summed E-state index contributed by atoms with van der Waals surface area (Å²) in [4.78, 5) is 22.5. The van der Waals surface area contributed by atoms with Crippen LogP contribution >= 0.6 is 23.2 Å². The summed E-state index contributed by atoms with van der Waals surface area (Å²) in [6, 6.07) is 9.54. The minimum absolute atomic E-state index is 0.00501. The number of benzene rings is 2. The van der Waals surface area contributed by atoms with Crippen molar-refractivity contribution >= 4 is 56.2 Å². The Labute approximate surface area is 159 Å². The number of anilines is 2. The monoisotopic (exact) mass is 417 g/mol. The second kappa shape index (κ2) is 7.90. The third kappa shape index (κ3) is 5.07. The van der Waals surface area contributed by atoms with Gasteiger partial charge in [-0.1, -0.05) is 29.3 Å². The molecule has 0 saturated heterocycles. The number of non-ortho nitro benzene ring substituents is 1. The largest absolute Gasteiger partial charge is 0.323 e. The van der Waals surface area contributed by atoms with Crippen molar-refractivity contribution in [3.05, 3.63) is 62.6 Å². The van der Waals surface area contributed by atoms with E-state index in [1.54, 1.807) is 12.1 Å². The SMILES string of the molecule is CS(=O)(=O)N(CC(=O)Nc1cc([N+](=O)[O-])ccc1Cl)c1cccc(Cl)c1. The maximum atomic E-state index is 12.3. The van der Waals surface area contributed by atoms with Crippen LogP contribution in [0.2, 0.25) is 10.0 Å². The summed E-state index contributed by atoms with van der Waals surface area (Å²) >= 11 is 11.8. The molecule has 0 aliphatic heterocycles. The van der Waals surface area contributed by atoms with Crippen molar-refractivity contribution in [2.24, 2.45) is 0 Å². The van der Waals surface area contributed by atoms with Crippen LogP contribution in [-0.4, -0.2) is 32.0 Å². The van der Waals surface area contributed by atoms with Crippen LogP contribution in [0.3, 0.4) is 0 Å². The lowest BCUT2D eigenvalue weighted by Crippen LogP contribution is -2.37. The van der Waals surface area contributed by atoms with E-state index in [9.17, 15) is 23.3 Å². The van der Waals surface area contributed by atoms with E-state index >= 15 is 0 Å². The lowest BCUT2D eigenvalue weighted by Gasteiger charge is -2.22. The van der Waals surface area contributed by atoms with Gasteiger partial charge in [0.15, 0.2) is 0 Å². The first-order chi connectivity index (χ1) is 12.1. The predicted octanol–water partition coefficient (Wildman–Crippen LogP) is 3.31. The van der Waals surface area contributed by atoms with Crippen LogP contribution < -0.4 is 9.62 Å². The molecule has 2 rings (SSSR count).